The van der Waals surface area contributed by atoms with E-state index >= 15 is 0 Å². The van der Waals surface area contributed by atoms with E-state index in [2.05, 4.69) is 4.98 Å². The Bertz CT molecular complexity index is 1310. The minimum atomic E-state index is -1.58. The van der Waals surface area contributed by atoms with Crippen LogP contribution in [0.4, 0.5) is 13.6 Å². The number of ether oxygens (including phenoxy) is 1. The number of rotatable bonds is 4. The average molecular weight is 478 g/mol. The summed E-state index contributed by atoms with van der Waals surface area (Å²) < 4.78 is 32.7. The zero-order valence-electron chi connectivity index (χ0n) is 15.4. The van der Waals surface area contributed by atoms with Crippen LogP contribution in [0.5, 0.6) is 5.75 Å². The van der Waals surface area contributed by atoms with Gasteiger partial charge in [-0.1, -0.05) is 35.3 Å². The van der Waals surface area contributed by atoms with E-state index < -0.39 is 17.8 Å². The number of halogens is 4. The van der Waals surface area contributed by atoms with E-state index in [1.165, 1.54) is 23.5 Å². The highest BCUT2D eigenvalue weighted by molar-refractivity contribution is 7.13. The second kappa shape index (κ2) is 8.63. The smallest absolute Gasteiger partial charge is 0.449 e. The van der Waals surface area contributed by atoms with Gasteiger partial charge in [0.2, 0.25) is 0 Å². The predicted octanol–water partition coefficient (Wildman–Crippen LogP) is 7.79. The molecule has 4 nitrogen and oxygen atoms in total. The third-order valence-corrected chi connectivity index (χ3v) is 5.99. The first-order valence-electron chi connectivity index (χ1n) is 8.73. The van der Waals surface area contributed by atoms with Gasteiger partial charge in [-0.25, -0.2) is 18.6 Å². The van der Waals surface area contributed by atoms with Crippen LogP contribution >= 0.6 is 34.5 Å². The first-order valence-corrected chi connectivity index (χ1v) is 10.4. The lowest BCUT2D eigenvalue weighted by Crippen LogP contribution is -2.04. The molecule has 0 spiro atoms. The molecule has 156 valence electrons. The Hall–Kier alpha value is -3.00. The number of carbonyl (C=O) groups is 1. The Morgan fingerprint density at radius 2 is 1.71 bits per heavy atom. The molecular formula is C22H11Cl2F2NO3S. The summed E-state index contributed by atoms with van der Waals surface area (Å²) in [5, 5.41) is 12.3. The Morgan fingerprint density at radius 3 is 2.45 bits per heavy atom. The molecule has 0 radical (unpaired) electrons. The molecule has 0 aliphatic rings. The molecule has 0 amide bonds. The SMILES string of the molecule is O=C(O)Oc1cc(-c2nc(-c3ccc(Cl)c(Cl)c3)cs2)ccc1-c1cc(F)ccc1F. The molecule has 3 aromatic carbocycles. The Balaban J connectivity index is 1.76. The molecule has 1 N–H and O–H groups in total. The molecule has 0 unspecified atom stereocenters. The van der Waals surface area contributed by atoms with Crippen LogP contribution in [-0.2, 0) is 0 Å². The van der Waals surface area contributed by atoms with E-state index in [1.54, 1.807) is 24.3 Å². The molecule has 0 bridgehead atoms. The van der Waals surface area contributed by atoms with Crippen molar-refractivity contribution in [3.05, 3.63) is 81.7 Å². The van der Waals surface area contributed by atoms with Crippen LogP contribution in [0.2, 0.25) is 10.0 Å². The van der Waals surface area contributed by atoms with Crippen LogP contribution in [0.25, 0.3) is 33.0 Å². The van der Waals surface area contributed by atoms with Crippen LogP contribution < -0.4 is 4.74 Å². The van der Waals surface area contributed by atoms with Crippen molar-refractivity contribution in [3.8, 4) is 38.7 Å². The van der Waals surface area contributed by atoms with Crippen molar-refractivity contribution in [3.63, 3.8) is 0 Å². The first-order chi connectivity index (χ1) is 14.8. The van der Waals surface area contributed by atoms with Gasteiger partial charge in [0.25, 0.3) is 0 Å². The van der Waals surface area contributed by atoms with Gasteiger partial charge in [0, 0.05) is 27.6 Å². The summed E-state index contributed by atoms with van der Waals surface area (Å²) in [7, 11) is 0. The minimum Gasteiger partial charge on any atom is -0.449 e. The maximum atomic E-state index is 14.2. The quantitative estimate of drug-likeness (QED) is 0.240. The summed E-state index contributed by atoms with van der Waals surface area (Å²) in [6.45, 7) is 0. The van der Waals surface area contributed by atoms with Crippen LogP contribution in [0.15, 0.2) is 60.0 Å². The second-order valence-corrected chi connectivity index (χ2v) is 8.04. The highest BCUT2D eigenvalue weighted by atomic mass is 35.5. The molecule has 4 aromatic rings. The van der Waals surface area contributed by atoms with Gasteiger partial charge in [0.15, 0.2) is 0 Å². The van der Waals surface area contributed by atoms with Crippen molar-refractivity contribution in [2.45, 2.75) is 0 Å². The molecule has 0 aliphatic carbocycles. The Labute approximate surface area is 189 Å². The molecule has 4 rings (SSSR count). The number of benzene rings is 3. The molecule has 1 aromatic heterocycles. The molecule has 0 saturated carbocycles. The van der Waals surface area contributed by atoms with Gasteiger partial charge in [-0.3, -0.25) is 0 Å². The van der Waals surface area contributed by atoms with Crippen molar-refractivity contribution in [1.82, 2.24) is 4.98 Å². The monoisotopic (exact) mass is 477 g/mol. The standard InChI is InChI=1S/C22H11Cl2F2NO3S/c23-16-5-2-11(7-17(16)24)19-10-31-21(27-19)12-1-4-14(20(8-12)30-22(28)29)15-9-13(25)3-6-18(15)26/h1-10H,(H,28,29). The summed E-state index contributed by atoms with van der Waals surface area (Å²) in [6.07, 6.45) is -1.58. The zero-order valence-corrected chi connectivity index (χ0v) is 17.7. The lowest BCUT2D eigenvalue weighted by atomic mass is 10.0. The van der Waals surface area contributed by atoms with Gasteiger partial charge in [-0.2, -0.15) is 0 Å². The van der Waals surface area contributed by atoms with Crippen molar-refractivity contribution in [2.24, 2.45) is 0 Å². The Morgan fingerprint density at radius 1 is 0.935 bits per heavy atom. The molecule has 0 aliphatic heterocycles. The summed E-state index contributed by atoms with van der Waals surface area (Å²) in [6, 6.07) is 12.6. The van der Waals surface area contributed by atoms with Gasteiger partial charge in [0.05, 0.1) is 15.7 Å². The van der Waals surface area contributed by atoms with E-state index in [9.17, 15) is 13.6 Å². The lowest BCUT2D eigenvalue weighted by Gasteiger charge is -2.11. The summed E-state index contributed by atoms with van der Waals surface area (Å²) in [5.74, 6) is -1.51. The van der Waals surface area contributed by atoms with Crippen LogP contribution in [-0.4, -0.2) is 16.2 Å². The number of hydrogen-bond donors (Lipinski definition) is 1. The van der Waals surface area contributed by atoms with Crippen molar-refractivity contribution in [2.75, 3.05) is 0 Å². The van der Waals surface area contributed by atoms with Gasteiger partial charge in [-0.15, -0.1) is 11.3 Å². The first kappa shape index (κ1) is 21.2. The van der Waals surface area contributed by atoms with Crippen LogP contribution in [0.1, 0.15) is 0 Å². The van der Waals surface area contributed by atoms with Gasteiger partial charge >= 0.3 is 6.16 Å². The Kier molecular flexibility index (Phi) is 5.91. The third kappa shape index (κ3) is 4.54. The molecule has 9 heteroatoms. The maximum Gasteiger partial charge on any atom is 0.511 e. The normalized spacial score (nSPS) is 10.8. The molecule has 31 heavy (non-hydrogen) atoms. The maximum absolute atomic E-state index is 14.2. The van der Waals surface area contributed by atoms with Crippen LogP contribution in [0, 0.1) is 11.6 Å². The third-order valence-electron chi connectivity index (χ3n) is 4.36. The van der Waals surface area contributed by atoms with Gasteiger partial charge in [0.1, 0.15) is 22.4 Å². The molecule has 0 fully saturated rings. The summed E-state index contributed by atoms with van der Waals surface area (Å²) in [4.78, 5) is 15.7. The zero-order chi connectivity index (χ0) is 22.1. The average Bonchev–Trinajstić information content (AvgIpc) is 3.22. The fourth-order valence-corrected chi connectivity index (χ4v) is 4.08. The lowest BCUT2D eigenvalue weighted by molar-refractivity contribution is 0.144. The van der Waals surface area contributed by atoms with E-state index in [1.807, 2.05) is 5.38 Å². The minimum absolute atomic E-state index is 0.101. The number of carboxylic acid groups (broad SMARTS) is 1. The van der Waals surface area contributed by atoms with Crippen molar-refractivity contribution in [1.29, 1.82) is 0 Å². The molecule has 0 saturated heterocycles. The van der Waals surface area contributed by atoms with E-state index in [0.29, 0.717) is 26.3 Å². The fourth-order valence-electron chi connectivity index (χ4n) is 2.95. The van der Waals surface area contributed by atoms with E-state index in [0.717, 1.165) is 23.8 Å². The van der Waals surface area contributed by atoms with Crippen molar-refractivity contribution < 1.29 is 23.4 Å². The summed E-state index contributed by atoms with van der Waals surface area (Å²) >= 11 is 13.3. The molecule has 1 heterocycles. The second-order valence-electron chi connectivity index (χ2n) is 6.37. The van der Waals surface area contributed by atoms with E-state index in [-0.39, 0.29) is 16.9 Å². The number of hydrogen-bond acceptors (Lipinski definition) is 4. The molecule has 0 atom stereocenters. The van der Waals surface area contributed by atoms with Gasteiger partial charge < -0.3 is 9.84 Å². The largest absolute Gasteiger partial charge is 0.511 e. The highest BCUT2D eigenvalue weighted by Crippen LogP contribution is 2.38. The van der Waals surface area contributed by atoms with E-state index in [4.69, 9.17) is 33.0 Å². The topological polar surface area (TPSA) is 59.4 Å². The molecular weight excluding hydrogens is 467 g/mol. The van der Waals surface area contributed by atoms with Crippen LogP contribution in [0.3, 0.4) is 0 Å². The number of nitrogens with zero attached hydrogens (tertiary/aromatic N) is 1. The fraction of sp³-hybridized carbons (Fsp3) is 0. The highest BCUT2D eigenvalue weighted by Gasteiger charge is 2.17. The number of thiazole rings is 1. The van der Waals surface area contributed by atoms with Crippen molar-refractivity contribution >= 4 is 40.7 Å². The number of aromatic nitrogens is 1. The predicted molar refractivity (Wildman–Crippen MR) is 117 cm³/mol. The summed E-state index contributed by atoms with van der Waals surface area (Å²) in [5.41, 5.74) is 1.95. The van der Waals surface area contributed by atoms with Gasteiger partial charge in [-0.05, 0) is 42.5 Å².